The average molecular weight is 362 g/mol. The second-order valence-electron chi connectivity index (χ2n) is 7.38. The molecule has 1 aliphatic heterocycles. The Morgan fingerprint density at radius 3 is 2.74 bits per heavy atom. The van der Waals surface area contributed by atoms with E-state index in [4.69, 9.17) is 4.74 Å². The first kappa shape index (κ1) is 18.0. The maximum Gasteiger partial charge on any atom is 0.220 e. The van der Waals surface area contributed by atoms with Crippen molar-refractivity contribution < 1.29 is 9.84 Å². The van der Waals surface area contributed by atoms with Gasteiger partial charge in [0, 0.05) is 17.5 Å². The fourth-order valence-corrected chi connectivity index (χ4v) is 3.75. The molecule has 2 atom stereocenters. The van der Waals surface area contributed by atoms with Crippen molar-refractivity contribution in [3.8, 4) is 11.6 Å². The lowest BCUT2D eigenvalue weighted by atomic mass is 9.94. The van der Waals surface area contributed by atoms with E-state index in [1.54, 1.807) is 0 Å². The number of para-hydroxylation sites is 1. The number of nitrogens with zero attached hydrogens (tertiary/aromatic N) is 1. The van der Waals surface area contributed by atoms with Crippen LogP contribution < -0.4 is 10.1 Å². The van der Waals surface area contributed by atoms with Gasteiger partial charge in [-0.15, -0.1) is 0 Å². The number of aliphatic hydroxyl groups excluding tert-OH is 1. The zero-order valence-corrected chi connectivity index (χ0v) is 15.7. The van der Waals surface area contributed by atoms with E-state index < -0.39 is 6.10 Å². The van der Waals surface area contributed by atoms with Crippen LogP contribution in [-0.4, -0.2) is 22.7 Å². The topological polar surface area (TPSA) is 54.4 Å². The maximum atomic E-state index is 11.0. The van der Waals surface area contributed by atoms with Crippen molar-refractivity contribution in [1.82, 2.24) is 10.3 Å². The van der Waals surface area contributed by atoms with E-state index in [1.807, 2.05) is 61.5 Å². The fraction of sp³-hybridized carbons (Fsp3) is 0.348. The van der Waals surface area contributed by atoms with Crippen molar-refractivity contribution in [1.29, 1.82) is 0 Å². The molecule has 1 aromatic heterocycles. The molecular weight excluding hydrogens is 336 g/mol. The Labute approximate surface area is 160 Å². The Morgan fingerprint density at radius 2 is 1.96 bits per heavy atom. The van der Waals surface area contributed by atoms with Crippen LogP contribution in [0.25, 0.3) is 10.9 Å². The molecule has 2 unspecified atom stereocenters. The van der Waals surface area contributed by atoms with E-state index in [0.29, 0.717) is 18.3 Å². The van der Waals surface area contributed by atoms with Crippen molar-refractivity contribution >= 4 is 10.9 Å². The highest BCUT2D eigenvalue weighted by molar-refractivity contribution is 5.83. The highest BCUT2D eigenvalue weighted by Crippen LogP contribution is 2.32. The molecule has 4 heteroatoms. The average Bonchev–Trinajstić information content (AvgIpc) is 2.70. The molecule has 2 heterocycles. The van der Waals surface area contributed by atoms with Crippen LogP contribution in [-0.2, 0) is 0 Å². The number of hydrogen-bond donors (Lipinski definition) is 2. The zero-order valence-electron chi connectivity index (χ0n) is 15.7. The monoisotopic (exact) mass is 362 g/mol. The first-order valence-electron chi connectivity index (χ1n) is 9.75. The molecule has 3 aromatic rings. The van der Waals surface area contributed by atoms with Gasteiger partial charge in [-0.3, -0.25) is 0 Å². The van der Waals surface area contributed by atoms with E-state index in [-0.39, 0.29) is 0 Å². The van der Waals surface area contributed by atoms with Crippen molar-refractivity contribution in [2.45, 2.75) is 44.8 Å². The molecule has 1 aliphatic rings. The van der Waals surface area contributed by atoms with Gasteiger partial charge in [0.05, 0.1) is 11.6 Å². The minimum atomic E-state index is -0.547. The highest BCUT2D eigenvalue weighted by Gasteiger charge is 2.21. The number of hydrogen-bond acceptors (Lipinski definition) is 4. The minimum absolute atomic E-state index is 0.363. The Hall–Kier alpha value is -2.43. The number of nitrogens with one attached hydrogen (secondary N) is 1. The normalized spacial score (nSPS) is 18.4. The van der Waals surface area contributed by atoms with Crippen LogP contribution >= 0.6 is 0 Å². The maximum absolute atomic E-state index is 11.0. The van der Waals surface area contributed by atoms with Crippen LogP contribution in [0.3, 0.4) is 0 Å². The first-order valence-corrected chi connectivity index (χ1v) is 9.75. The summed E-state index contributed by atoms with van der Waals surface area (Å²) in [5.41, 5.74) is 2.91. The molecular formula is C23H26N2O2. The summed E-state index contributed by atoms with van der Waals surface area (Å²) in [4.78, 5) is 4.63. The van der Waals surface area contributed by atoms with Crippen molar-refractivity contribution in [3.63, 3.8) is 0 Å². The Balaban J connectivity index is 1.64. The van der Waals surface area contributed by atoms with Crippen LogP contribution in [0.2, 0.25) is 0 Å². The van der Waals surface area contributed by atoms with E-state index in [2.05, 4.69) is 10.3 Å². The van der Waals surface area contributed by atoms with Gasteiger partial charge >= 0.3 is 0 Å². The number of fused-ring (bicyclic) bond motifs is 1. The summed E-state index contributed by atoms with van der Waals surface area (Å²) in [5.74, 6) is 1.26. The van der Waals surface area contributed by atoms with Crippen molar-refractivity contribution in [3.05, 3.63) is 65.7 Å². The summed E-state index contributed by atoms with van der Waals surface area (Å²) in [6, 6.07) is 18.1. The third-order valence-electron chi connectivity index (χ3n) is 5.25. The number of piperidine rings is 1. The van der Waals surface area contributed by atoms with Crippen LogP contribution in [0.1, 0.15) is 42.9 Å². The fourth-order valence-electron chi connectivity index (χ4n) is 3.75. The smallest absolute Gasteiger partial charge is 0.220 e. The summed E-state index contributed by atoms with van der Waals surface area (Å²) in [5, 5.41) is 15.5. The van der Waals surface area contributed by atoms with Gasteiger partial charge in [0.15, 0.2) is 0 Å². The number of aliphatic hydroxyl groups is 1. The lowest BCUT2D eigenvalue weighted by Crippen LogP contribution is -2.35. The molecule has 1 fully saturated rings. The van der Waals surface area contributed by atoms with E-state index >= 15 is 0 Å². The summed E-state index contributed by atoms with van der Waals surface area (Å²) >= 11 is 0. The Morgan fingerprint density at radius 1 is 1.15 bits per heavy atom. The number of ether oxygens (including phenoxy) is 1. The minimum Gasteiger partial charge on any atom is -0.439 e. The van der Waals surface area contributed by atoms with E-state index in [9.17, 15) is 5.11 Å². The number of pyridine rings is 1. The van der Waals surface area contributed by atoms with Crippen LogP contribution in [0.4, 0.5) is 0 Å². The lowest BCUT2D eigenvalue weighted by molar-refractivity contribution is 0.145. The van der Waals surface area contributed by atoms with E-state index in [0.717, 1.165) is 35.2 Å². The molecule has 27 heavy (non-hydrogen) atoms. The number of rotatable bonds is 5. The largest absolute Gasteiger partial charge is 0.439 e. The lowest BCUT2D eigenvalue weighted by Gasteiger charge is -2.26. The second kappa shape index (κ2) is 8.07. The van der Waals surface area contributed by atoms with E-state index in [1.165, 1.54) is 18.4 Å². The number of aromatic nitrogens is 1. The molecule has 0 bridgehead atoms. The van der Waals surface area contributed by atoms with Crippen molar-refractivity contribution in [2.24, 2.45) is 0 Å². The zero-order chi connectivity index (χ0) is 18.6. The molecule has 2 aromatic carbocycles. The van der Waals surface area contributed by atoms with Gasteiger partial charge in [0.2, 0.25) is 5.88 Å². The predicted molar refractivity (Wildman–Crippen MR) is 108 cm³/mol. The van der Waals surface area contributed by atoms with Gasteiger partial charge < -0.3 is 15.2 Å². The molecule has 4 rings (SSSR count). The van der Waals surface area contributed by atoms with Crippen LogP contribution in [0.15, 0.2) is 54.6 Å². The number of benzene rings is 2. The summed E-state index contributed by atoms with van der Waals surface area (Å²) in [6.45, 7) is 3.09. The number of aryl methyl sites for hydroxylation is 1. The molecule has 0 saturated carbocycles. The summed E-state index contributed by atoms with van der Waals surface area (Å²) in [7, 11) is 0. The SMILES string of the molecule is Cc1ccc(Oc2cc(C(O)CC3CCCCN3)c3ccccc3n2)cc1. The first-order chi connectivity index (χ1) is 13.2. The van der Waals surface area contributed by atoms with Gasteiger partial charge in [0.25, 0.3) is 0 Å². The third kappa shape index (κ3) is 4.29. The summed E-state index contributed by atoms with van der Waals surface area (Å²) in [6.07, 6.45) is 3.72. The molecule has 0 radical (unpaired) electrons. The molecule has 2 N–H and O–H groups in total. The van der Waals surface area contributed by atoms with Gasteiger partial charge in [-0.2, -0.15) is 0 Å². The second-order valence-corrected chi connectivity index (χ2v) is 7.38. The van der Waals surface area contributed by atoms with Crippen LogP contribution in [0.5, 0.6) is 11.6 Å². The van der Waals surface area contributed by atoms with Gasteiger partial charge in [-0.25, -0.2) is 4.98 Å². The molecule has 1 saturated heterocycles. The summed E-state index contributed by atoms with van der Waals surface area (Å²) < 4.78 is 5.98. The quantitative estimate of drug-likeness (QED) is 0.678. The highest BCUT2D eigenvalue weighted by atomic mass is 16.5. The van der Waals surface area contributed by atoms with Gasteiger partial charge in [-0.05, 0) is 56.5 Å². The van der Waals surface area contributed by atoms with Gasteiger partial charge in [0.1, 0.15) is 5.75 Å². The van der Waals surface area contributed by atoms with Crippen LogP contribution in [0, 0.1) is 6.92 Å². The Bertz CT molecular complexity index is 902. The molecule has 140 valence electrons. The predicted octanol–water partition coefficient (Wildman–Crippen LogP) is 4.90. The molecule has 0 amide bonds. The molecule has 4 nitrogen and oxygen atoms in total. The van der Waals surface area contributed by atoms with Gasteiger partial charge in [-0.1, -0.05) is 42.3 Å². The third-order valence-corrected chi connectivity index (χ3v) is 5.25. The Kier molecular flexibility index (Phi) is 5.37. The molecule has 0 aliphatic carbocycles. The molecule has 0 spiro atoms. The van der Waals surface area contributed by atoms with Crippen molar-refractivity contribution in [2.75, 3.05) is 6.54 Å². The standard InChI is InChI=1S/C23H26N2O2/c1-16-9-11-18(12-10-16)27-23-15-20(19-7-2-3-8-21(19)25-23)22(26)14-17-6-4-5-13-24-17/h2-3,7-12,15,17,22,24,26H,4-6,13-14H2,1H3.